The van der Waals surface area contributed by atoms with E-state index in [1.54, 1.807) is 0 Å². The van der Waals surface area contributed by atoms with E-state index in [0.717, 1.165) is 30.1 Å². The summed E-state index contributed by atoms with van der Waals surface area (Å²) in [5.74, 6) is 3.46. The zero-order chi connectivity index (χ0) is 22.4. The van der Waals surface area contributed by atoms with Gasteiger partial charge in [-0.25, -0.2) is 0 Å². The molecule has 0 saturated heterocycles. The van der Waals surface area contributed by atoms with Crippen LogP contribution < -0.4 is 0 Å². The second kappa shape index (κ2) is 6.86. The van der Waals surface area contributed by atoms with E-state index < -0.39 is 0 Å². The van der Waals surface area contributed by atoms with Crippen molar-refractivity contribution in [2.24, 2.45) is 50.7 Å². The maximum Gasteiger partial charge on any atom is 0.0594 e. The smallest absolute Gasteiger partial charge is 0.0594 e. The molecule has 9 atom stereocenters. The largest absolute Gasteiger partial charge is 0.393 e. The molecular weight excluding hydrogens is 376 g/mol. The lowest BCUT2D eigenvalue weighted by atomic mass is 9.41. The highest BCUT2D eigenvalue weighted by molar-refractivity contribution is 5.30. The van der Waals surface area contributed by atoms with Gasteiger partial charge >= 0.3 is 0 Å². The first-order valence-electron chi connectivity index (χ1n) is 13.8. The van der Waals surface area contributed by atoms with Gasteiger partial charge < -0.3 is 5.11 Å². The molecule has 0 aromatic heterocycles. The van der Waals surface area contributed by atoms with Crippen LogP contribution in [0.25, 0.3) is 0 Å². The minimum absolute atomic E-state index is 0.0840. The normalized spacial score (nSPS) is 52.9. The van der Waals surface area contributed by atoms with Crippen LogP contribution in [-0.2, 0) is 0 Å². The fourth-order valence-corrected chi connectivity index (χ4v) is 11.1. The predicted molar refractivity (Wildman–Crippen MR) is 131 cm³/mol. The van der Waals surface area contributed by atoms with E-state index >= 15 is 0 Å². The summed E-state index contributed by atoms with van der Waals surface area (Å²) < 4.78 is 0. The van der Waals surface area contributed by atoms with Crippen molar-refractivity contribution < 1.29 is 5.11 Å². The van der Waals surface area contributed by atoms with Gasteiger partial charge in [-0.3, -0.25) is 0 Å². The highest BCUT2D eigenvalue weighted by Crippen LogP contribution is 2.89. The molecule has 5 aliphatic carbocycles. The Kier molecular flexibility index (Phi) is 4.98. The van der Waals surface area contributed by atoms with E-state index in [1.165, 1.54) is 69.8 Å². The molecule has 0 bridgehead atoms. The molecule has 1 heteroatoms. The highest BCUT2D eigenvalue weighted by atomic mass is 16.3. The Balaban J connectivity index is 1.41. The molecule has 2 spiro atoms. The Hall–Kier alpha value is -0.300. The van der Waals surface area contributed by atoms with Crippen molar-refractivity contribution in [1.29, 1.82) is 0 Å². The van der Waals surface area contributed by atoms with Crippen molar-refractivity contribution in [2.75, 3.05) is 0 Å². The quantitative estimate of drug-likeness (QED) is 0.449. The first-order valence-corrected chi connectivity index (χ1v) is 13.8. The number of aliphatic hydroxyl groups excluding tert-OH is 1. The summed E-state index contributed by atoms with van der Waals surface area (Å²) in [7, 11) is 0. The van der Waals surface area contributed by atoms with Gasteiger partial charge in [0, 0.05) is 0 Å². The van der Waals surface area contributed by atoms with Crippen LogP contribution in [0, 0.1) is 50.7 Å². The summed E-state index contributed by atoms with van der Waals surface area (Å²) in [6.45, 7) is 17.3. The Morgan fingerprint density at radius 2 is 1.55 bits per heavy atom. The average Bonchev–Trinajstić information content (AvgIpc) is 3.27. The molecule has 0 aliphatic heterocycles. The number of hydrogen-bond donors (Lipinski definition) is 1. The van der Waals surface area contributed by atoms with Gasteiger partial charge in [0.25, 0.3) is 0 Å². The molecule has 0 amide bonds. The van der Waals surface area contributed by atoms with Gasteiger partial charge in [-0.2, -0.15) is 0 Å². The molecule has 1 unspecified atom stereocenters. The van der Waals surface area contributed by atoms with E-state index in [2.05, 4.69) is 54.5 Å². The second-order valence-electron chi connectivity index (χ2n) is 14.4. The fourth-order valence-electron chi connectivity index (χ4n) is 11.1. The van der Waals surface area contributed by atoms with Crippen LogP contribution in [0.3, 0.4) is 0 Å². The SMILES string of the molecule is CC(C)=CCC[C@@H](C)[C@H]1CC[C@@]2(C)[C@@H]3CC[C@H]4C(C)(C)C(O)CC[C@@]45C[C@@]35CC[C@]12C. The summed E-state index contributed by atoms with van der Waals surface area (Å²) in [5, 5.41) is 10.8. The molecule has 0 aromatic carbocycles. The monoisotopic (exact) mass is 426 g/mol. The molecule has 5 aliphatic rings. The number of rotatable bonds is 4. The molecule has 0 heterocycles. The number of hydrogen-bond acceptors (Lipinski definition) is 1. The van der Waals surface area contributed by atoms with Gasteiger partial charge in [-0.1, -0.05) is 46.3 Å². The van der Waals surface area contributed by atoms with Gasteiger partial charge in [0.15, 0.2) is 0 Å². The molecule has 0 aromatic rings. The number of allylic oxidation sites excluding steroid dienone is 2. The van der Waals surface area contributed by atoms with Crippen molar-refractivity contribution in [3.05, 3.63) is 11.6 Å². The molecule has 5 rings (SSSR count). The minimum atomic E-state index is -0.0840. The molecular formula is C30H50O. The first-order chi connectivity index (χ1) is 14.4. The maximum absolute atomic E-state index is 10.8. The fraction of sp³-hybridized carbons (Fsp3) is 0.933. The summed E-state index contributed by atoms with van der Waals surface area (Å²) in [6.07, 6.45) is 17.6. The standard InChI is InChI=1S/C30H50O/c1-20(2)9-8-10-21(3)22-13-15-28(7)24-12-11-23-26(4,5)25(31)14-16-29(23)19-30(24,29)18-17-27(22,28)6/h9,21-25,31H,8,10-19H2,1-7H3/t21-,22-,23+,24+,25?,27-,28+,29-,30+/m1/s1. The predicted octanol–water partition coefficient (Wildman–Crippen LogP) is 8.17. The van der Waals surface area contributed by atoms with Crippen molar-refractivity contribution >= 4 is 0 Å². The zero-order valence-electron chi connectivity index (χ0n) is 21.7. The van der Waals surface area contributed by atoms with Gasteiger partial charge in [0.05, 0.1) is 6.10 Å². The third kappa shape index (κ3) is 2.71. The Morgan fingerprint density at radius 1 is 0.871 bits per heavy atom. The summed E-state index contributed by atoms with van der Waals surface area (Å²) in [5.41, 5.74) is 3.87. The van der Waals surface area contributed by atoms with Crippen molar-refractivity contribution in [3.8, 4) is 0 Å². The minimum Gasteiger partial charge on any atom is -0.393 e. The third-order valence-electron chi connectivity index (χ3n) is 13.0. The van der Waals surface area contributed by atoms with E-state index in [9.17, 15) is 5.11 Å². The molecule has 0 radical (unpaired) electrons. The zero-order valence-corrected chi connectivity index (χ0v) is 21.7. The number of aliphatic hydroxyl groups is 1. The van der Waals surface area contributed by atoms with Gasteiger partial charge in [-0.15, -0.1) is 0 Å². The average molecular weight is 427 g/mol. The summed E-state index contributed by atoms with van der Waals surface area (Å²) in [6, 6.07) is 0. The number of fused-ring (bicyclic) bond motifs is 2. The van der Waals surface area contributed by atoms with Crippen LogP contribution >= 0.6 is 0 Å². The Bertz CT molecular complexity index is 760. The Labute approximate surface area is 192 Å². The molecule has 176 valence electrons. The van der Waals surface area contributed by atoms with E-state index in [0.29, 0.717) is 21.7 Å². The van der Waals surface area contributed by atoms with Crippen LogP contribution in [0.4, 0.5) is 0 Å². The molecule has 5 fully saturated rings. The van der Waals surface area contributed by atoms with E-state index in [1.807, 2.05) is 0 Å². The van der Waals surface area contributed by atoms with Crippen molar-refractivity contribution in [3.63, 3.8) is 0 Å². The summed E-state index contributed by atoms with van der Waals surface area (Å²) in [4.78, 5) is 0. The molecule has 5 saturated carbocycles. The van der Waals surface area contributed by atoms with E-state index in [-0.39, 0.29) is 11.5 Å². The van der Waals surface area contributed by atoms with Gasteiger partial charge in [0.2, 0.25) is 0 Å². The molecule has 31 heavy (non-hydrogen) atoms. The van der Waals surface area contributed by atoms with Crippen LogP contribution in [0.15, 0.2) is 11.6 Å². The Morgan fingerprint density at radius 3 is 2.26 bits per heavy atom. The lowest BCUT2D eigenvalue weighted by molar-refractivity contribution is -0.161. The van der Waals surface area contributed by atoms with Crippen LogP contribution in [0.2, 0.25) is 0 Å². The third-order valence-corrected chi connectivity index (χ3v) is 13.0. The summed E-state index contributed by atoms with van der Waals surface area (Å²) >= 11 is 0. The lowest BCUT2D eigenvalue weighted by Gasteiger charge is -2.63. The topological polar surface area (TPSA) is 20.2 Å². The molecule has 1 nitrogen and oxygen atoms in total. The van der Waals surface area contributed by atoms with Crippen LogP contribution in [0.1, 0.15) is 119 Å². The lowest BCUT2D eigenvalue weighted by Crippen LogP contribution is -2.57. The van der Waals surface area contributed by atoms with Crippen molar-refractivity contribution in [1.82, 2.24) is 0 Å². The molecule has 1 N–H and O–H groups in total. The van der Waals surface area contributed by atoms with E-state index in [4.69, 9.17) is 0 Å². The van der Waals surface area contributed by atoms with Crippen LogP contribution in [0.5, 0.6) is 0 Å². The van der Waals surface area contributed by atoms with Gasteiger partial charge in [0.1, 0.15) is 0 Å². The van der Waals surface area contributed by atoms with Gasteiger partial charge in [-0.05, 0) is 135 Å². The highest BCUT2D eigenvalue weighted by Gasteiger charge is 2.82. The second-order valence-corrected chi connectivity index (χ2v) is 14.4. The van der Waals surface area contributed by atoms with Crippen molar-refractivity contribution in [2.45, 2.75) is 125 Å². The first kappa shape index (κ1) is 22.5. The maximum atomic E-state index is 10.8. The van der Waals surface area contributed by atoms with Crippen LogP contribution in [-0.4, -0.2) is 11.2 Å².